The third-order valence-electron chi connectivity index (χ3n) is 3.22. The van der Waals surface area contributed by atoms with E-state index in [4.69, 9.17) is 9.52 Å². The molecule has 0 radical (unpaired) electrons. The van der Waals surface area contributed by atoms with Gasteiger partial charge >= 0.3 is 6.03 Å². The number of anilines is 1. The predicted octanol–water partition coefficient (Wildman–Crippen LogP) is 2.79. The van der Waals surface area contributed by atoms with Crippen LogP contribution in [0.3, 0.4) is 0 Å². The minimum absolute atomic E-state index is 0.127. The molecule has 6 nitrogen and oxygen atoms in total. The second-order valence-electron chi connectivity index (χ2n) is 5.33. The molecule has 1 atom stereocenters. The molecule has 0 saturated heterocycles. The number of nitrogens with one attached hydrogen (secondary N) is 2. The molecule has 1 heterocycles. The number of oxazole rings is 1. The van der Waals surface area contributed by atoms with E-state index in [-0.39, 0.29) is 18.6 Å². The highest BCUT2D eigenvalue weighted by Gasteiger charge is 2.08. The van der Waals surface area contributed by atoms with Gasteiger partial charge in [-0.15, -0.1) is 0 Å². The zero-order valence-corrected chi connectivity index (χ0v) is 12.8. The predicted molar refractivity (Wildman–Crippen MR) is 84.6 cm³/mol. The van der Waals surface area contributed by atoms with Crippen molar-refractivity contribution in [1.82, 2.24) is 10.3 Å². The zero-order chi connectivity index (χ0) is 15.9. The molecule has 0 aliphatic rings. The Morgan fingerprint density at radius 2 is 2.27 bits per heavy atom. The van der Waals surface area contributed by atoms with Gasteiger partial charge in [-0.1, -0.05) is 13.0 Å². The highest BCUT2D eigenvalue weighted by atomic mass is 16.3. The topological polar surface area (TPSA) is 87.4 Å². The fourth-order valence-electron chi connectivity index (χ4n) is 1.98. The molecule has 2 amide bonds. The number of hydrogen-bond acceptors (Lipinski definition) is 4. The summed E-state index contributed by atoms with van der Waals surface area (Å²) in [5.74, 6) is 0.760. The van der Waals surface area contributed by atoms with Gasteiger partial charge in [-0.25, -0.2) is 9.78 Å². The lowest BCUT2D eigenvalue weighted by molar-refractivity contribution is 0.243. The molecule has 2 aromatic rings. The second-order valence-corrected chi connectivity index (χ2v) is 5.33. The minimum Gasteiger partial charge on any atom is -0.444 e. The number of hydrogen-bond donors (Lipinski definition) is 3. The summed E-state index contributed by atoms with van der Waals surface area (Å²) < 4.78 is 5.35. The van der Waals surface area contributed by atoms with Crippen LogP contribution < -0.4 is 10.6 Å². The molecule has 0 bridgehead atoms. The molecule has 0 aliphatic carbocycles. The Kier molecular flexibility index (Phi) is 5.55. The van der Waals surface area contributed by atoms with Gasteiger partial charge < -0.3 is 20.2 Å². The number of benzene rings is 1. The molecule has 0 fully saturated rings. The molecule has 2 rings (SSSR count). The fourth-order valence-corrected chi connectivity index (χ4v) is 1.98. The first-order valence-corrected chi connectivity index (χ1v) is 7.26. The number of carbonyl (C=O) groups excluding carboxylic acids is 1. The van der Waals surface area contributed by atoms with Gasteiger partial charge in [0.2, 0.25) is 5.89 Å². The average molecular weight is 303 g/mol. The molecule has 1 aromatic carbocycles. The number of nitrogens with zero attached hydrogens (tertiary/aromatic N) is 1. The van der Waals surface area contributed by atoms with Gasteiger partial charge in [-0.2, -0.15) is 0 Å². The van der Waals surface area contributed by atoms with Crippen molar-refractivity contribution in [3.05, 3.63) is 36.2 Å². The van der Waals surface area contributed by atoms with Crippen molar-refractivity contribution in [2.75, 3.05) is 18.5 Å². The van der Waals surface area contributed by atoms with Gasteiger partial charge in [0.15, 0.2) is 0 Å². The van der Waals surface area contributed by atoms with Crippen molar-refractivity contribution < 1.29 is 14.3 Å². The first-order chi connectivity index (χ1) is 10.6. The lowest BCUT2D eigenvalue weighted by Gasteiger charge is -2.12. The Balaban J connectivity index is 1.94. The normalized spacial score (nSPS) is 12.0. The van der Waals surface area contributed by atoms with Crippen LogP contribution in [0.15, 0.2) is 34.9 Å². The Hall–Kier alpha value is -2.34. The van der Waals surface area contributed by atoms with Crippen LogP contribution in [-0.2, 0) is 0 Å². The van der Waals surface area contributed by atoms with Crippen molar-refractivity contribution in [2.24, 2.45) is 5.92 Å². The Morgan fingerprint density at radius 3 is 2.95 bits per heavy atom. The van der Waals surface area contributed by atoms with E-state index < -0.39 is 0 Å². The number of aromatic nitrogens is 1. The van der Waals surface area contributed by atoms with Gasteiger partial charge in [0, 0.05) is 24.4 Å². The molecule has 118 valence electrons. The summed E-state index contributed by atoms with van der Waals surface area (Å²) in [6, 6.07) is 7.04. The maximum Gasteiger partial charge on any atom is 0.319 e. The van der Waals surface area contributed by atoms with E-state index in [0.29, 0.717) is 24.5 Å². The van der Waals surface area contributed by atoms with Gasteiger partial charge in [-0.3, -0.25) is 0 Å². The maximum atomic E-state index is 11.8. The molecular formula is C16H21N3O3. The van der Waals surface area contributed by atoms with E-state index in [0.717, 1.165) is 11.3 Å². The van der Waals surface area contributed by atoms with E-state index in [1.165, 1.54) is 0 Å². The summed E-state index contributed by atoms with van der Waals surface area (Å²) in [6.07, 6.45) is 2.25. The maximum absolute atomic E-state index is 11.8. The van der Waals surface area contributed by atoms with E-state index in [1.54, 1.807) is 12.3 Å². The van der Waals surface area contributed by atoms with Crippen molar-refractivity contribution in [2.45, 2.75) is 20.3 Å². The average Bonchev–Trinajstić information content (AvgIpc) is 2.92. The number of rotatable bonds is 6. The van der Waals surface area contributed by atoms with Crippen molar-refractivity contribution in [3.63, 3.8) is 0 Å². The van der Waals surface area contributed by atoms with E-state index in [9.17, 15) is 4.79 Å². The quantitative estimate of drug-likeness (QED) is 0.765. The van der Waals surface area contributed by atoms with E-state index >= 15 is 0 Å². The summed E-state index contributed by atoms with van der Waals surface area (Å²) in [6.45, 7) is 4.48. The van der Waals surface area contributed by atoms with Gasteiger partial charge in [0.05, 0.1) is 5.69 Å². The van der Waals surface area contributed by atoms with Crippen LogP contribution in [0.4, 0.5) is 10.5 Å². The summed E-state index contributed by atoms with van der Waals surface area (Å²) in [5.41, 5.74) is 2.28. The molecule has 1 aromatic heterocycles. The molecule has 0 aliphatic heterocycles. The van der Waals surface area contributed by atoms with Crippen LogP contribution in [0.25, 0.3) is 11.5 Å². The van der Waals surface area contributed by atoms with Crippen LogP contribution >= 0.6 is 0 Å². The van der Waals surface area contributed by atoms with Crippen molar-refractivity contribution >= 4 is 11.7 Å². The third kappa shape index (κ3) is 4.60. The Labute approximate surface area is 129 Å². The summed E-state index contributed by atoms with van der Waals surface area (Å²) in [4.78, 5) is 16.1. The lowest BCUT2D eigenvalue weighted by atomic mass is 10.1. The Morgan fingerprint density at radius 1 is 1.45 bits per heavy atom. The lowest BCUT2D eigenvalue weighted by Crippen LogP contribution is -2.32. The van der Waals surface area contributed by atoms with Crippen LogP contribution in [-0.4, -0.2) is 29.3 Å². The zero-order valence-electron chi connectivity index (χ0n) is 12.8. The molecule has 6 heteroatoms. The van der Waals surface area contributed by atoms with Crippen LogP contribution in [0, 0.1) is 12.8 Å². The largest absolute Gasteiger partial charge is 0.444 e. The smallest absolute Gasteiger partial charge is 0.319 e. The molecular weight excluding hydrogens is 282 g/mol. The third-order valence-corrected chi connectivity index (χ3v) is 3.22. The molecule has 1 unspecified atom stereocenters. The molecule has 22 heavy (non-hydrogen) atoms. The van der Waals surface area contributed by atoms with E-state index in [1.807, 2.05) is 32.0 Å². The number of aryl methyl sites for hydroxylation is 1. The van der Waals surface area contributed by atoms with E-state index in [2.05, 4.69) is 15.6 Å². The first-order valence-electron chi connectivity index (χ1n) is 7.26. The monoisotopic (exact) mass is 303 g/mol. The molecule has 0 spiro atoms. The van der Waals surface area contributed by atoms with Gasteiger partial charge in [0.1, 0.15) is 6.26 Å². The SMILES string of the molecule is Cc1coc(-c2cccc(NC(=O)NCC(C)CCO)c2)n1. The standard InChI is InChI=1S/C16H21N3O3/c1-11(6-7-20)9-17-16(21)19-14-5-3-4-13(8-14)15-18-12(2)10-22-15/h3-5,8,10-11,20H,6-7,9H2,1-2H3,(H2,17,19,21). The highest BCUT2D eigenvalue weighted by molar-refractivity contribution is 5.89. The van der Waals surface area contributed by atoms with Crippen molar-refractivity contribution in [1.29, 1.82) is 0 Å². The van der Waals surface area contributed by atoms with Crippen molar-refractivity contribution in [3.8, 4) is 11.5 Å². The first kappa shape index (κ1) is 16.0. The van der Waals surface area contributed by atoms with Crippen LogP contribution in [0.2, 0.25) is 0 Å². The number of aliphatic hydroxyl groups excluding tert-OH is 1. The number of carbonyl (C=O) groups is 1. The molecule has 0 saturated carbocycles. The van der Waals surface area contributed by atoms with Crippen LogP contribution in [0.5, 0.6) is 0 Å². The Bertz CT molecular complexity index is 625. The summed E-state index contributed by atoms with van der Waals surface area (Å²) in [7, 11) is 0. The fraction of sp³-hybridized carbons (Fsp3) is 0.375. The molecule has 3 N–H and O–H groups in total. The minimum atomic E-state index is -0.273. The number of amides is 2. The highest BCUT2D eigenvalue weighted by Crippen LogP contribution is 2.21. The summed E-state index contributed by atoms with van der Waals surface area (Å²) in [5, 5.41) is 14.4. The van der Waals surface area contributed by atoms with Crippen LogP contribution in [0.1, 0.15) is 19.0 Å². The summed E-state index contributed by atoms with van der Waals surface area (Å²) >= 11 is 0. The van der Waals surface area contributed by atoms with Gasteiger partial charge in [-0.05, 0) is 37.5 Å². The second kappa shape index (κ2) is 7.61. The number of aliphatic hydroxyl groups is 1. The van der Waals surface area contributed by atoms with Gasteiger partial charge in [0.25, 0.3) is 0 Å². The number of urea groups is 1.